The number of hydrogen-bond donors (Lipinski definition) is 2. The summed E-state index contributed by atoms with van der Waals surface area (Å²) in [5.41, 5.74) is 1.51. The first-order chi connectivity index (χ1) is 8.66. The van der Waals surface area contributed by atoms with Crippen molar-refractivity contribution in [3.05, 3.63) is 5.51 Å². The zero-order chi connectivity index (χ0) is 13.0. The SMILES string of the molecule is O=C(O)CN(C(=O)Nc1nncs1)C1CCCC1. The van der Waals surface area contributed by atoms with E-state index >= 15 is 0 Å². The molecule has 1 aliphatic carbocycles. The number of rotatable bonds is 4. The van der Waals surface area contributed by atoms with Gasteiger partial charge >= 0.3 is 12.0 Å². The number of carboxylic acid groups (broad SMARTS) is 1. The average Bonchev–Trinajstić information content (AvgIpc) is 2.97. The molecule has 0 unspecified atom stereocenters. The molecule has 18 heavy (non-hydrogen) atoms. The average molecular weight is 270 g/mol. The molecule has 0 atom stereocenters. The summed E-state index contributed by atoms with van der Waals surface area (Å²) < 4.78 is 0. The Morgan fingerprint density at radius 1 is 1.50 bits per heavy atom. The number of nitrogens with zero attached hydrogens (tertiary/aromatic N) is 3. The monoisotopic (exact) mass is 270 g/mol. The van der Waals surface area contributed by atoms with Gasteiger partial charge in [-0.3, -0.25) is 10.1 Å². The Balaban J connectivity index is 2.02. The first-order valence-corrected chi connectivity index (χ1v) is 6.60. The third kappa shape index (κ3) is 3.16. The topological polar surface area (TPSA) is 95.4 Å². The summed E-state index contributed by atoms with van der Waals surface area (Å²) in [7, 11) is 0. The van der Waals surface area contributed by atoms with Gasteiger partial charge in [-0.25, -0.2) is 4.79 Å². The largest absolute Gasteiger partial charge is 0.480 e. The maximum absolute atomic E-state index is 12.0. The standard InChI is InChI=1S/C10H14N4O3S/c15-8(16)5-14(7-3-1-2-4-7)10(17)12-9-13-11-6-18-9/h6-7H,1-5H2,(H,15,16)(H,12,13,17). The summed E-state index contributed by atoms with van der Waals surface area (Å²) in [4.78, 5) is 24.2. The van der Waals surface area contributed by atoms with Crippen molar-refractivity contribution >= 4 is 28.5 Å². The van der Waals surface area contributed by atoms with Gasteiger partial charge < -0.3 is 10.0 Å². The number of carbonyl (C=O) groups is 2. The zero-order valence-electron chi connectivity index (χ0n) is 9.70. The summed E-state index contributed by atoms with van der Waals surface area (Å²) >= 11 is 1.20. The molecule has 0 aromatic carbocycles. The van der Waals surface area contributed by atoms with Gasteiger partial charge in [0.05, 0.1) is 0 Å². The van der Waals surface area contributed by atoms with Gasteiger partial charge in [-0.15, -0.1) is 10.2 Å². The minimum absolute atomic E-state index is 0.00835. The molecule has 1 fully saturated rings. The number of hydrogen-bond acceptors (Lipinski definition) is 5. The van der Waals surface area contributed by atoms with Crippen molar-refractivity contribution in [2.24, 2.45) is 0 Å². The number of carbonyl (C=O) groups excluding carboxylic acids is 1. The van der Waals surface area contributed by atoms with Gasteiger partial charge in [0.15, 0.2) is 0 Å². The molecule has 1 aromatic heterocycles. The Morgan fingerprint density at radius 2 is 2.22 bits per heavy atom. The first kappa shape index (κ1) is 12.7. The maximum atomic E-state index is 12.0. The first-order valence-electron chi connectivity index (χ1n) is 5.72. The van der Waals surface area contributed by atoms with Crippen LogP contribution in [0.5, 0.6) is 0 Å². The van der Waals surface area contributed by atoms with Crippen molar-refractivity contribution < 1.29 is 14.7 Å². The second-order valence-electron chi connectivity index (χ2n) is 4.13. The van der Waals surface area contributed by atoms with Crippen molar-refractivity contribution in [3.63, 3.8) is 0 Å². The highest BCUT2D eigenvalue weighted by molar-refractivity contribution is 7.13. The van der Waals surface area contributed by atoms with Crippen LogP contribution < -0.4 is 5.32 Å². The lowest BCUT2D eigenvalue weighted by Crippen LogP contribution is -2.44. The molecule has 2 amide bonds. The lowest BCUT2D eigenvalue weighted by atomic mass is 10.2. The van der Waals surface area contributed by atoms with E-state index in [1.807, 2.05) is 0 Å². The van der Waals surface area contributed by atoms with Gasteiger partial charge in [0.1, 0.15) is 12.1 Å². The molecule has 1 heterocycles. The predicted octanol–water partition coefficient (Wildman–Crippen LogP) is 1.40. The molecular weight excluding hydrogens is 256 g/mol. The van der Waals surface area contributed by atoms with Crippen LogP contribution >= 0.6 is 11.3 Å². The van der Waals surface area contributed by atoms with Crippen LogP contribution in [-0.4, -0.2) is 44.8 Å². The van der Waals surface area contributed by atoms with Gasteiger partial charge in [-0.1, -0.05) is 24.2 Å². The van der Waals surface area contributed by atoms with E-state index in [0.29, 0.717) is 5.13 Å². The van der Waals surface area contributed by atoms with E-state index in [1.54, 1.807) is 0 Å². The van der Waals surface area contributed by atoms with Gasteiger partial charge in [-0.2, -0.15) is 0 Å². The molecule has 2 N–H and O–H groups in total. The van der Waals surface area contributed by atoms with Gasteiger partial charge in [0.2, 0.25) is 5.13 Å². The predicted molar refractivity (Wildman–Crippen MR) is 65.5 cm³/mol. The highest BCUT2D eigenvalue weighted by Gasteiger charge is 2.28. The summed E-state index contributed by atoms with van der Waals surface area (Å²) in [5.74, 6) is -1.01. The number of urea groups is 1. The van der Waals surface area contributed by atoms with Crippen LogP contribution in [0, 0.1) is 0 Å². The number of amides is 2. The second kappa shape index (κ2) is 5.76. The molecule has 0 radical (unpaired) electrons. The van der Waals surface area contributed by atoms with Crippen molar-refractivity contribution in [3.8, 4) is 0 Å². The van der Waals surface area contributed by atoms with Crippen molar-refractivity contribution in [2.75, 3.05) is 11.9 Å². The van der Waals surface area contributed by atoms with Crippen LogP contribution in [0.4, 0.5) is 9.93 Å². The van der Waals surface area contributed by atoms with Crippen LogP contribution in [-0.2, 0) is 4.79 Å². The highest BCUT2D eigenvalue weighted by atomic mass is 32.1. The van der Waals surface area contributed by atoms with E-state index in [0.717, 1.165) is 25.7 Å². The molecular formula is C10H14N4O3S. The summed E-state index contributed by atoms with van der Waals surface area (Å²) in [6, 6.07) is -0.407. The minimum atomic E-state index is -1.01. The normalized spacial score (nSPS) is 15.6. The summed E-state index contributed by atoms with van der Waals surface area (Å²) in [6.45, 7) is -0.282. The molecule has 1 aromatic rings. The van der Waals surface area contributed by atoms with E-state index in [-0.39, 0.29) is 12.6 Å². The van der Waals surface area contributed by atoms with Crippen LogP contribution in [0.2, 0.25) is 0 Å². The number of aliphatic carboxylic acids is 1. The smallest absolute Gasteiger partial charge is 0.324 e. The fourth-order valence-corrected chi connectivity index (χ4v) is 2.55. The number of anilines is 1. The third-order valence-corrected chi connectivity index (χ3v) is 3.51. The van der Waals surface area contributed by atoms with E-state index in [2.05, 4.69) is 15.5 Å². The minimum Gasteiger partial charge on any atom is -0.480 e. The molecule has 98 valence electrons. The van der Waals surface area contributed by atoms with E-state index in [1.165, 1.54) is 21.7 Å². The Morgan fingerprint density at radius 3 is 2.78 bits per heavy atom. The molecule has 7 nitrogen and oxygen atoms in total. The van der Waals surface area contributed by atoms with Crippen LogP contribution in [0.1, 0.15) is 25.7 Å². The Bertz CT molecular complexity index is 417. The number of nitrogens with one attached hydrogen (secondary N) is 1. The van der Waals surface area contributed by atoms with Crippen LogP contribution in [0.3, 0.4) is 0 Å². The fraction of sp³-hybridized carbons (Fsp3) is 0.600. The molecule has 0 spiro atoms. The number of aromatic nitrogens is 2. The van der Waals surface area contributed by atoms with E-state index in [9.17, 15) is 9.59 Å². The molecule has 0 bridgehead atoms. The molecule has 1 aliphatic rings. The summed E-state index contributed by atoms with van der Waals surface area (Å²) in [6.07, 6.45) is 3.79. The van der Waals surface area contributed by atoms with E-state index in [4.69, 9.17) is 5.11 Å². The van der Waals surface area contributed by atoms with E-state index < -0.39 is 12.0 Å². The summed E-state index contributed by atoms with van der Waals surface area (Å²) in [5, 5.41) is 19.1. The Labute approximate surface area is 108 Å². The van der Waals surface area contributed by atoms with Gasteiger partial charge in [-0.05, 0) is 12.8 Å². The molecule has 0 aliphatic heterocycles. The lowest BCUT2D eigenvalue weighted by molar-refractivity contribution is -0.138. The fourth-order valence-electron chi connectivity index (χ4n) is 2.12. The quantitative estimate of drug-likeness (QED) is 0.862. The van der Waals surface area contributed by atoms with Crippen molar-refractivity contribution in [2.45, 2.75) is 31.7 Å². The van der Waals surface area contributed by atoms with Crippen LogP contribution in [0.15, 0.2) is 5.51 Å². The Hall–Kier alpha value is -1.70. The van der Waals surface area contributed by atoms with Crippen molar-refractivity contribution in [1.29, 1.82) is 0 Å². The lowest BCUT2D eigenvalue weighted by Gasteiger charge is -2.26. The maximum Gasteiger partial charge on any atom is 0.324 e. The third-order valence-electron chi connectivity index (χ3n) is 2.91. The number of carboxylic acids is 1. The second-order valence-corrected chi connectivity index (χ2v) is 4.97. The molecule has 8 heteroatoms. The van der Waals surface area contributed by atoms with Crippen molar-refractivity contribution in [1.82, 2.24) is 15.1 Å². The van der Waals surface area contributed by atoms with Gasteiger partial charge in [0.25, 0.3) is 0 Å². The Kier molecular flexibility index (Phi) is 4.08. The zero-order valence-corrected chi connectivity index (χ0v) is 10.5. The molecule has 2 rings (SSSR count). The molecule has 0 saturated heterocycles. The van der Waals surface area contributed by atoms with Gasteiger partial charge in [0, 0.05) is 6.04 Å². The highest BCUT2D eigenvalue weighted by Crippen LogP contribution is 2.24. The van der Waals surface area contributed by atoms with Crippen LogP contribution in [0.25, 0.3) is 0 Å². The molecule has 1 saturated carbocycles.